The average Bonchev–Trinajstić information content (AvgIpc) is 3.05. The van der Waals surface area contributed by atoms with Crippen LogP contribution in [0.3, 0.4) is 0 Å². The third-order valence-electron chi connectivity index (χ3n) is 2.92. The number of carbonyl (C=O) groups excluding carboxylic acids is 2. The Hall–Kier alpha value is -1.47. The molecule has 1 aromatic rings. The number of aromatic nitrogens is 1. The number of thiazole rings is 1. The largest absolute Gasteiger partial charge is 0.444 e. The Labute approximate surface area is 128 Å². The summed E-state index contributed by atoms with van der Waals surface area (Å²) in [5, 5.41) is 2.21. The van der Waals surface area contributed by atoms with Gasteiger partial charge in [-0.2, -0.15) is 0 Å². The molecular formula is C14H20N2O4S. The van der Waals surface area contributed by atoms with Gasteiger partial charge in [-0.05, 0) is 27.2 Å². The third kappa shape index (κ3) is 4.78. The van der Waals surface area contributed by atoms with Crippen LogP contribution in [0.15, 0.2) is 11.6 Å². The van der Waals surface area contributed by atoms with Crippen molar-refractivity contribution in [2.24, 2.45) is 0 Å². The minimum absolute atomic E-state index is 0.000336. The van der Waals surface area contributed by atoms with E-state index in [9.17, 15) is 9.59 Å². The fourth-order valence-corrected chi connectivity index (χ4v) is 2.54. The number of nitrogens with zero attached hydrogens (tertiary/aromatic N) is 2. The van der Waals surface area contributed by atoms with Crippen molar-refractivity contribution in [3.05, 3.63) is 16.6 Å². The summed E-state index contributed by atoms with van der Waals surface area (Å²) in [5.74, 6) is -0.124. The molecule has 21 heavy (non-hydrogen) atoms. The number of amides is 1. The summed E-state index contributed by atoms with van der Waals surface area (Å²) in [4.78, 5) is 29.3. The molecular weight excluding hydrogens is 292 g/mol. The van der Waals surface area contributed by atoms with Crippen LogP contribution in [0.25, 0.3) is 0 Å². The van der Waals surface area contributed by atoms with Crippen molar-refractivity contribution >= 4 is 23.2 Å². The Kier molecular flexibility index (Phi) is 4.95. The van der Waals surface area contributed by atoms with Gasteiger partial charge in [0.05, 0.1) is 12.6 Å². The molecule has 1 saturated heterocycles. The Morgan fingerprint density at radius 2 is 2.24 bits per heavy atom. The lowest BCUT2D eigenvalue weighted by Gasteiger charge is -2.24. The molecule has 1 aliphatic heterocycles. The maximum Gasteiger partial charge on any atom is 0.410 e. The maximum absolute atomic E-state index is 11.9. The molecule has 0 radical (unpaired) electrons. The lowest BCUT2D eigenvalue weighted by Crippen LogP contribution is -2.36. The second-order valence-electron chi connectivity index (χ2n) is 5.91. The highest BCUT2D eigenvalue weighted by molar-refractivity contribution is 7.11. The minimum atomic E-state index is -0.503. The normalized spacial score (nSPS) is 18.8. The van der Waals surface area contributed by atoms with Crippen LogP contribution in [0.5, 0.6) is 0 Å². The second-order valence-corrected chi connectivity index (χ2v) is 6.80. The SMILES string of the molecule is CC(C)(C)OC(=O)N1CC[C@@H](OCC(=O)c2nccs2)C1. The van der Waals surface area contributed by atoms with E-state index in [4.69, 9.17) is 9.47 Å². The van der Waals surface area contributed by atoms with Crippen LogP contribution in [-0.4, -0.2) is 53.2 Å². The van der Waals surface area contributed by atoms with Crippen LogP contribution in [0.4, 0.5) is 4.79 Å². The number of rotatable bonds is 4. The summed E-state index contributed by atoms with van der Waals surface area (Å²) < 4.78 is 10.9. The number of likely N-dealkylation sites (tertiary alicyclic amines) is 1. The molecule has 1 aromatic heterocycles. The number of ketones is 1. The Bertz CT molecular complexity index is 496. The zero-order valence-electron chi connectivity index (χ0n) is 12.5. The van der Waals surface area contributed by atoms with Crippen LogP contribution in [0, 0.1) is 0 Å². The number of Topliss-reactive ketones (excluding diaryl/α,β-unsaturated/α-hetero) is 1. The van der Waals surface area contributed by atoms with Gasteiger partial charge in [-0.25, -0.2) is 9.78 Å². The molecule has 116 valence electrons. The second kappa shape index (κ2) is 6.53. The topological polar surface area (TPSA) is 68.7 Å². The summed E-state index contributed by atoms with van der Waals surface area (Å²) in [6, 6.07) is 0. The number of carbonyl (C=O) groups is 2. The van der Waals surface area contributed by atoms with Crippen LogP contribution in [-0.2, 0) is 9.47 Å². The van der Waals surface area contributed by atoms with Gasteiger partial charge >= 0.3 is 6.09 Å². The first-order valence-corrected chi connectivity index (χ1v) is 7.75. The smallest absolute Gasteiger partial charge is 0.410 e. The highest BCUT2D eigenvalue weighted by Gasteiger charge is 2.30. The first kappa shape index (κ1) is 15.9. The number of ether oxygens (including phenoxy) is 2. The molecule has 0 N–H and O–H groups in total. The molecule has 0 spiro atoms. The van der Waals surface area contributed by atoms with Crippen molar-refractivity contribution < 1.29 is 19.1 Å². The Morgan fingerprint density at radius 1 is 1.48 bits per heavy atom. The molecule has 7 heteroatoms. The van der Waals surface area contributed by atoms with Crippen molar-refractivity contribution in [3.8, 4) is 0 Å². The zero-order valence-corrected chi connectivity index (χ0v) is 13.3. The lowest BCUT2D eigenvalue weighted by atomic mass is 10.2. The molecule has 2 rings (SSSR count). The molecule has 0 saturated carbocycles. The van der Waals surface area contributed by atoms with Gasteiger partial charge in [-0.1, -0.05) is 0 Å². The van der Waals surface area contributed by atoms with Crippen LogP contribution in [0.1, 0.15) is 37.0 Å². The highest BCUT2D eigenvalue weighted by atomic mass is 32.1. The summed E-state index contributed by atoms with van der Waals surface area (Å²) in [6.07, 6.45) is 1.85. The molecule has 0 aliphatic carbocycles. The van der Waals surface area contributed by atoms with Crippen LogP contribution < -0.4 is 0 Å². The molecule has 1 aliphatic rings. The predicted octanol–water partition coefficient (Wildman–Crippen LogP) is 2.35. The third-order valence-corrected chi connectivity index (χ3v) is 3.73. The van der Waals surface area contributed by atoms with Gasteiger partial charge in [0, 0.05) is 18.1 Å². The fraction of sp³-hybridized carbons (Fsp3) is 0.643. The molecule has 0 bridgehead atoms. The van der Waals surface area contributed by atoms with Crippen molar-refractivity contribution in [2.75, 3.05) is 19.7 Å². The number of hydrogen-bond donors (Lipinski definition) is 0. The zero-order chi connectivity index (χ0) is 15.5. The number of hydrogen-bond acceptors (Lipinski definition) is 6. The molecule has 6 nitrogen and oxygen atoms in total. The van der Waals surface area contributed by atoms with Gasteiger partial charge in [0.15, 0.2) is 5.01 Å². The van der Waals surface area contributed by atoms with Crippen molar-refractivity contribution in [2.45, 2.75) is 38.9 Å². The fourth-order valence-electron chi connectivity index (χ4n) is 1.97. The van der Waals surface area contributed by atoms with Gasteiger partial charge in [0.1, 0.15) is 12.2 Å². The van der Waals surface area contributed by atoms with Crippen molar-refractivity contribution in [1.82, 2.24) is 9.88 Å². The minimum Gasteiger partial charge on any atom is -0.444 e. The van der Waals surface area contributed by atoms with E-state index in [1.165, 1.54) is 11.3 Å². The molecule has 0 unspecified atom stereocenters. The van der Waals surface area contributed by atoms with E-state index in [1.54, 1.807) is 16.5 Å². The van der Waals surface area contributed by atoms with Crippen LogP contribution in [0.2, 0.25) is 0 Å². The van der Waals surface area contributed by atoms with E-state index in [0.29, 0.717) is 24.5 Å². The summed E-state index contributed by atoms with van der Waals surface area (Å²) in [5.41, 5.74) is -0.503. The average molecular weight is 312 g/mol. The first-order chi connectivity index (χ1) is 9.85. The monoisotopic (exact) mass is 312 g/mol. The summed E-state index contributed by atoms with van der Waals surface area (Å²) >= 11 is 1.30. The van der Waals surface area contributed by atoms with Gasteiger partial charge in [0.25, 0.3) is 0 Å². The first-order valence-electron chi connectivity index (χ1n) is 6.87. The molecule has 2 heterocycles. The Balaban J connectivity index is 1.75. The summed E-state index contributed by atoms with van der Waals surface area (Å²) in [6.45, 7) is 6.55. The molecule has 0 aromatic carbocycles. The summed E-state index contributed by atoms with van der Waals surface area (Å²) in [7, 11) is 0. The van der Waals surface area contributed by atoms with Gasteiger partial charge < -0.3 is 14.4 Å². The highest BCUT2D eigenvalue weighted by Crippen LogP contribution is 2.17. The van der Waals surface area contributed by atoms with E-state index in [2.05, 4.69) is 4.98 Å². The quantitative estimate of drug-likeness (QED) is 0.798. The predicted molar refractivity (Wildman–Crippen MR) is 78.6 cm³/mol. The van der Waals surface area contributed by atoms with E-state index in [0.717, 1.165) is 0 Å². The lowest BCUT2D eigenvalue weighted by molar-refractivity contribution is 0.0217. The van der Waals surface area contributed by atoms with Gasteiger partial charge in [-0.15, -0.1) is 11.3 Å². The van der Waals surface area contributed by atoms with Crippen LogP contribution >= 0.6 is 11.3 Å². The van der Waals surface area contributed by atoms with Gasteiger partial charge in [0.2, 0.25) is 5.78 Å². The van der Waals surface area contributed by atoms with E-state index >= 15 is 0 Å². The van der Waals surface area contributed by atoms with E-state index in [-0.39, 0.29) is 24.6 Å². The Morgan fingerprint density at radius 3 is 2.86 bits per heavy atom. The maximum atomic E-state index is 11.9. The van der Waals surface area contributed by atoms with Gasteiger partial charge in [-0.3, -0.25) is 4.79 Å². The standard InChI is InChI=1S/C14H20N2O4S/c1-14(2,3)20-13(18)16-6-4-10(8-16)19-9-11(17)12-15-5-7-21-12/h5,7,10H,4,6,8-9H2,1-3H3/t10-/m1/s1. The van der Waals surface area contributed by atoms with Crippen molar-refractivity contribution in [3.63, 3.8) is 0 Å². The molecule has 1 amide bonds. The van der Waals surface area contributed by atoms with E-state index < -0.39 is 5.60 Å². The molecule has 1 fully saturated rings. The van der Waals surface area contributed by atoms with E-state index in [1.807, 2.05) is 20.8 Å². The molecule has 1 atom stereocenters. The van der Waals surface area contributed by atoms with Crippen molar-refractivity contribution in [1.29, 1.82) is 0 Å².